The van der Waals surface area contributed by atoms with Crippen molar-refractivity contribution in [2.75, 3.05) is 36.4 Å². The average Bonchev–Trinajstić information content (AvgIpc) is 3.68. The number of nitrogens with one attached hydrogen (secondary N) is 1. The van der Waals surface area contributed by atoms with Crippen molar-refractivity contribution >= 4 is 63.2 Å². The van der Waals surface area contributed by atoms with Crippen LogP contribution in [0.25, 0.3) is 27.5 Å². The van der Waals surface area contributed by atoms with Gasteiger partial charge in [0.2, 0.25) is 11.2 Å². The fourth-order valence-corrected chi connectivity index (χ4v) is 9.01. The number of aromatic nitrogens is 2. The van der Waals surface area contributed by atoms with Crippen molar-refractivity contribution in [3.8, 4) is 28.7 Å². The second-order valence-electron chi connectivity index (χ2n) is 18.2. The van der Waals surface area contributed by atoms with Gasteiger partial charge in [-0.3, -0.25) is 28.8 Å². The number of aromatic hydroxyl groups is 3. The summed E-state index contributed by atoms with van der Waals surface area (Å²) in [6, 6.07) is 3.28. The number of ketones is 1. The molecular formula is C52H51F3N6O13. The Hall–Kier alpha value is -8.40. The smallest absolute Gasteiger partial charge is 0.341 e. The van der Waals surface area contributed by atoms with Crippen LogP contribution < -0.4 is 20.4 Å². The number of hydrogen-bond donors (Lipinski definition) is 6. The van der Waals surface area contributed by atoms with Crippen molar-refractivity contribution in [1.82, 2.24) is 14.6 Å². The Morgan fingerprint density at radius 3 is 2.41 bits per heavy atom. The summed E-state index contributed by atoms with van der Waals surface area (Å²) in [4.78, 5) is 70.9. The van der Waals surface area contributed by atoms with E-state index < -0.39 is 104 Å². The molecule has 19 nitrogen and oxygen atoms in total. The molecule has 2 aromatic heterocycles. The lowest BCUT2D eigenvalue weighted by molar-refractivity contribution is -0.148. The Morgan fingerprint density at radius 2 is 1.70 bits per heavy atom. The number of piperazine rings is 1. The number of aromatic carboxylic acids is 1. The van der Waals surface area contributed by atoms with Crippen molar-refractivity contribution in [2.45, 2.75) is 78.3 Å². The molecule has 6 N–H and O–H groups in total. The Kier molecular flexibility index (Phi) is 15.0. The van der Waals surface area contributed by atoms with E-state index in [0.29, 0.717) is 31.7 Å². The van der Waals surface area contributed by atoms with Gasteiger partial charge in [-0.1, -0.05) is 25.2 Å². The largest absolute Gasteiger partial charge is 0.507 e. The third-order valence-corrected chi connectivity index (χ3v) is 13.0. The van der Waals surface area contributed by atoms with Gasteiger partial charge >= 0.3 is 18.2 Å². The normalized spacial score (nSPS) is 21.6. The highest BCUT2D eigenvalue weighted by Gasteiger charge is 2.41. The van der Waals surface area contributed by atoms with Crippen molar-refractivity contribution < 1.29 is 72.1 Å². The summed E-state index contributed by atoms with van der Waals surface area (Å²) < 4.78 is 62.9. The lowest BCUT2D eigenvalue weighted by Gasteiger charge is -2.34. The van der Waals surface area contributed by atoms with Crippen LogP contribution in [-0.2, 0) is 19.1 Å². The molecule has 4 aliphatic heterocycles. The zero-order valence-electron chi connectivity index (χ0n) is 40.4. The predicted molar refractivity (Wildman–Crippen MR) is 264 cm³/mol. The summed E-state index contributed by atoms with van der Waals surface area (Å²) in [6.45, 7) is 6.22. The molecule has 3 aromatic carbocycles. The van der Waals surface area contributed by atoms with E-state index in [1.54, 1.807) is 12.2 Å². The van der Waals surface area contributed by atoms with E-state index in [1.165, 1.54) is 43.0 Å². The number of allylic oxidation sites excluding steroid dienone is 4. The lowest BCUT2D eigenvalue weighted by Crippen LogP contribution is -2.45. The monoisotopic (exact) mass is 1020 g/mol. The maximum Gasteiger partial charge on any atom is 0.341 e. The van der Waals surface area contributed by atoms with Crippen molar-refractivity contribution in [1.29, 1.82) is 0 Å². The first-order valence-electron chi connectivity index (χ1n) is 23.5. The van der Waals surface area contributed by atoms with Crippen LogP contribution in [0.4, 0.5) is 24.7 Å². The van der Waals surface area contributed by atoms with E-state index in [-0.39, 0.29) is 89.1 Å². The highest BCUT2D eigenvalue weighted by molar-refractivity contribution is 6.23. The topological polar surface area (TPSA) is 263 Å². The number of nitrogens with zero attached hydrogens (tertiary/aromatic N) is 5. The minimum atomic E-state index is -1.67. The average molecular weight is 1030 g/mol. The standard InChI is InChI=1S/C52H51F3N6O13/c1-25-8-7-9-26(2)50(69)57-41-33(23-56-60-17-15-59(16-18-60)49-36(55)22-32-43(65)34(51(70)71)24-61(48(32)58-49)37-14-12-29(53)20-35(37)54)44(66)38-39(45(41)67)42(64)27(3)47-40(38)46(68)52(74-47)72-19-6-5-10-31(73-28(4)62)21-30(63)13-11-25/h6-9,12,14,19-20,22-25,30-31,52,63-64,66-67H,5,10-11,13,15-18,21H2,1-4H3,(H,57,69)(H,70,71)/b8-7+,19-6+,26-9-,56-23+/t25-,30+,31+,52-/m0/s1. The van der Waals surface area contributed by atoms with Crippen LogP contribution in [0, 0.1) is 30.3 Å². The molecule has 5 bridgehead atoms. The molecule has 0 spiro atoms. The SMILES string of the molecule is CC(=O)O[C@@H]1CC/C=C/O[C@H]2Oc3c(C)c(O)c4c(O)c(c(/C=N/N5CCN(c6nc7c(cc6F)c(=O)c(C(=O)O)cn7-c6ccc(F)cc6F)CC5)c(O)c4c3C2=O)NC(=O)/C(C)=C\C=C\[C@H](C)CC[C@@H](O)C1. The summed E-state index contributed by atoms with van der Waals surface area (Å²) in [5.41, 5.74) is -3.37. The third kappa shape index (κ3) is 10.4. The molecule has 74 heavy (non-hydrogen) atoms. The number of phenolic OH excluding ortho intramolecular Hbond substituents is 3. The molecule has 1 saturated heterocycles. The van der Waals surface area contributed by atoms with Gasteiger partial charge in [-0.05, 0) is 69.7 Å². The van der Waals surface area contributed by atoms with Crippen LogP contribution in [0.5, 0.6) is 23.0 Å². The minimum Gasteiger partial charge on any atom is -0.507 e. The number of aliphatic hydroxyl groups excluding tert-OH is 1. The minimum absolute atomic E-state index is 0.000846. The number of benzene rings is 3. The molecule has 4 atom stereocenters. The highest BCUT2D eigenvalue weighted by atomic mass is 19.1. The number of esters is 1. The number of anilines is 2. The van der Waals surface area contributed by atoms with Gasteiger partial charge in [0, 0.05) is 55.2 Å². The zero-order chi connectivity index (χ0) is 53.3. The second kappa shape index (κ2) is 21.4. The number of carbonyl (C=O) groups is 4. The van der Waals surface area contributed by atoms with E-state index in [9.17, 15) is 53.9 Å². The molecule has 0 radical (unpaired) electrons. The number of Topliss-reactive ketones (excluding diaryl/α,β-unsaturated/α-hetero) is 1. The van der Waals surface area contributed by atoms with Crippen molar-refractivity contribution in [3.63, 3.8) is 0 Å². The van der Waals surface area contributed by atoms with Gasteiger partial charge in [0.05, 0.1) is 64.9 Å². The first-order valence-corrected chi connectivity index (χ1v) is 23.5. The van der Waals surface area contributed by atoms with E-state index in [2.05, 4.69) is 15.4 Å². The van der Waals surface area contributed by atoms with Gasteiger partial charge in [0.1, 0.15) is 40.6 Å². The maximum absolute atomic E-state index is 15.9. The van der Waals surface area contributed by atoms with Crippen LogP contribution in [-0.4, -0.2) is 115 Å². The molecule has 0 unspecified atom stereocenters. The first-order chi connectivity index (χ1) is 35.2. The molecule has 6 heterocycles. The van der Waals surface area contributed by atoms with Crippen LogP contribution >= 0.6 is 0 Å². The molecule has 0 saturated carbocycles. The first kappa shape index (κ1) is 51.9. The van der Waals surface area contributed by atoms with Gasteiger partial charge in [-0.15, -0.1) is 0 Å². The van der Waals surface area contributed by atoms with E-state index >= 15 is 8.78 Å². The Bertz CT molecular complexity index is 3310. The van der Waals surface area contributed by atoms with Crippen LogP contribution in [0.15, 0.2) is 76.5 Å². The van der Waals surface area contributed by atoms with Crippen LogP contribution in [0.2, 0.25) is 0 Å². The third-order valence-electron chi connectivity index (χ3n) is 13.0. The van der Waals surface area contributed by atoms with Gasteiger partial charge in [0.25, 0.3) is 5.91 Å². The van der Waals surface area contributed by atoms with Gasteiger partial charge < -0.3 is 50.0 Å². The number of rotatable bonds is 6. The van der Waals surface area contributed by atoms with Gasteiger partial charge in [-0.25, -0.2) is 22.9 Å². The summed E-state index contributed by atoms with van der Waals surface area (Å²) in [5.74, 6) is -9.28. The molecule has 9 rings (SSSR count). The molecule has 4 aliphatic rings. The Labute approximate surface area is 419 Å². The lowest BCUT2D eigenvalue weighted by atomic mass is 9.92. The second-order valence-corrected chi connectivity index (χ2v) is 18.2. The number of carbonyl (C=O) groups excluding carboxylic acids is 3. The Morgan fingerprint density at radius 1 is 0.959 bits per heavy atom. The predicted octanol–water partition coefficient (Wildman–Crippen LogP) is 7.00. The summed E-state index contributed by atoms with van der Waals surface area (Å²) in [7, 11) is 0. The number of hydrazone groups is 1. The molecule has 1 amide bonds. The number of hydrogen-bond acceptors (Lipinski definition) is 16. The van der Waals surface area contributed by atoms with Gasteiger partial charge in [-0.2, -0.15) is 5.10 Å². The number of ether oxygens (including phenoxy) is 3. The molecule has 0 aliphatic carbocycles. The van der Waals surface area contributed by atoms with E-state index in [1.807, 2.05) is 13.0 Å². The Balaban J connectivity index is 1.14. The van der Waals surface area contributed by atoms with Crippen LogP contribution in [0.1, 0.15) is 84.7 Å². The fraction of sp³-hybridized carbons (Fsp3) is 0.327. The summed E-state index contributed by atoms with van der Waals surface area (Å²) >= 11 is 0. The van der Waals surface area contributed by atoms with Crippen molar-refractivity contribution in [2.24, 2.45) is 11.0 Å². The number of carboxylic acid groups (broad SMARTS) is 1. The fourth-order valence-electron chi connectivity index (χ4n) is 9.01. The molecular weight excluding hydrogens is 974 g/mol. The van der Waals surface area contributed by atoms with E-state index in [4.69, 9.17) is 14.2 Å². The maximum atomic E-state index is 15.9. The number of pyridine rings is 2. The van der Waals surface area contributed by atoms with Crippen molar-refractivity contribution in [3.05, 3.63) is 117 Å². The number of carboxylic acids is 1. The number of aliphatic hydroxyl groups is 1. The highest BCUT2D eigenvalue weighted by Crippen LogP contribution is 2.53. The van der Waals surface area contributed by atoms with Gasteiger partial charge in [0.15, 0.2) is 23.0 Å². The quantitative estimate of drug-likeness (QED) is 0.0433. The molecule has 22 heteroatoms. The number of halogens is 3. The molecule has 388 valence electrons. The molecule has 5 aromatic rings. The number of amides is 1. The summed E-state index contributed by atoms with van der Waals surface area (Å²) in [6.07, 6.45) is 8.46. The summed E-state index contributed by atoms with van der Waals surface area (Å²) in [5, 5.41) is 63.7. The number of phenols is 3. The zero-order valence-corrected chi connectivity index (χ0v) is 40.4. The number of fused-ring (bicyclic) bond motifs is 15. The van der Waals surface area contributed by atoms with E-state index in [0.717, 1.165) is 35.2 Å². The van der Waals surface area contributed by atoms with Crippen LogP contribution in [0.3, 0.4) is 0 Å². The molecule has 1 fully saturated rings.